The molecule has 0 unspecified atom stereocenters. The third-order valence-electron chi connectivity index (χ3n) is 7.62. The Labute approximate surface area is 295 Å². The van der Waals surface area contributed by atoms with Gasteiger partial charge in [0.25, 0.3) is 0 Å². The summed E-state index contributed by atoms with van der Waals surface area (Å²) in [6.45, 7) is 16.1. The van der Waals surface area contributed by atoms with Crippen LogP contribution < -0.4 is 10.2 Å². The maximum atomic E-state index is 10.9. The summed E-state index contributed by atoms with van der Waals surface area (Å²) in [6.07, 6.45) is 9.08. The molecule has 0 aromatic rings. The quantitative estimate of drug-likeness (QED) is 0.114. The molecule has 0 saturated heterocycles. The zero-order chi connectivity index (χ0) is 33.0. The van der Waals surface area contributed by atoms with E-state index in [9.17, 15) is 29.4 Å². The topological polar surface area (TPSA) is 205 Å². The van der Waals surface area contributed by atoms with Crippen LogP contribution in [0.4, 0.5) is 0 Å². The van der Waals surface area contributed by atoms with E-state index in [1.54, 1.807) is 55.4 Å². The SMILES string of the molecule is CC(C)(CCCCOCCCCC(C)(C)C(=O)O)C(=O)[O-].CC(C)(CCCCOCCCCC(C)(C)C(=O)O)C(=O)[O-].O.[Ca+2]. The molecule has 0 aliphatic carbocycles. The van der Waals surface area contributed by atoms with Gasteiger partial charge in [-0.1, -0.05) is 53.4 Å². The fourth-order valence-corrected chi connectivity index (χ4v) is 3.71. The number of ether oxygens (including phenoxy) is 2. The Morgan fingerprint density at radius 1 is 0.477 bits per heavy atom. The molecule has 0 radical (unpaired) electrons. The first-order valence-electron chi connectivity index (χ1n) is 15.2. The van der Waals surface area contributed by atoms with E-state index in [0.29, 0.717) is 52.1 Å². The summed E-state index contributed by atoms with van der Waals surface area (Å²) in [6, 6.07) is 0. The minimum absolute atomic E-state index is 0. The van der Waals surface area contributed by atoms with Crippen LogP contribution in [0.3, 0.4) is 0 Å². The molecule has 0 aliphatic rings. The van der Waals surface area contributed by atoms with Crippen LogP contribution in [0.15, 0.2) is 0 Å². The number of hydrogen-bond acceptors (Lipinski definition) is 8. The van der Waals surface area contributed by atoms with E-state index >= 15 is 0 Å². The van der Waals surface area contributed by atoms with E-state index in [0.717, 1.165) is 51.4 Å². The van der Waals surface area contributed by atoms with Gasteiger partial charge in [0.05, 0.1) is 10.8 Å². The smallest absolute Gasteiger partial charge is 0.550 e. The zero-order valence-electron chi connectivity index (χ0n) is 28.7. The van der Waals surface area contributed by atoms with E-state index in [-0.39, 0.29) is 43.2 Å². The van der Waals surface area contributed by atoms with Crippen molar-refractivity contribution in [3.8, 4) is 0 Å². The van der Waals surface area contributed by atoms with Crippen LogP contribution in [0.1, 0.15) is 132 Å². The number of hydrogen-bond donors (Lipinski definition) is 2. The molecule has 256 valence electrons. The third-order valence-corrected chi connectivity index (χ3v) is 7.62. The van der Waals surface area contributed by atoms with Gasteiger partial charge < -0.3 is 45.0 Å². The number of rotatable bonds is 24. The maximum Gasteiger partial charge on any atom is 2.00 e. The van der Waals surface area contributed by atoms with Crippen molar-refractivity contribution in [2.75, 3.05) is 26.4 Å². The van der Waals surface area contributed by atoms with Gasteiger partial charge in [-0.15, -0.1) is 0 Å². The number of carboxylic acids is 4. The Morgan fingerprint density at radius 3 is 0.864 bits per heavy atom. The second kappa shape index (κ2) is 25.2. The summed E-state index contributed by atoms with van der Waals surface area (Å²) in [7, 11) is 0. The molecule has 44 heavy (non-hydrogen) atoms. The number of carbonyl (C=O) groups is 4. The van der Waals surface area contributed by atoms with Crippen molar-refractivity contribution in [2.24, 2.45) is 21.7 Å². The first kappa shape index (κ1) is 49.9. The van der Waals surface area contributed by atoms with E-state index in [4.69, 9.17) is 19.7 Å². The summed E-state index contributed by atoms with van der Waals surface area (Å²) in [5.74, 6) is -3.55. The van der Waals surface area contributed by atoms with Gasteiger partial charge in [0, 0.05) is 49.2 Å². The molecule has 0 bridgehead atoms. The second-order valence-electron chi connectivity index (χ2n) is 13.8. The number of aliphatic carboxylic acids is 4. The minimum atomic E-state index is -1.01. The van der Waals surface area contributed by atoms with E-state index < -0.39 is 45.5 Å². The van der Waals surface area contributed by atoms with Gasteiger partial charge in [0.15, 0.2) is 0 Å². The van der Waals surface area contributed by atoms with Crippen LogP contribution in [0.5, 0.6) is 0 Å². The van der Waals surface area contributed by atoms with E-state index in [2.05, 4.69) is 0 Å². The molecule has 0 aromatic carbocycles. The third kappa shape index (κ3) is 25.2. The molecule has 0 spiro atoms. The number of carbonyl (C=O) groups excluding carboxylic acids is 2. The second-order valence-corrected chi connectivity index (χ2v) is 13.8. The maximum absolute atomic E-state index is 10.9. The Bertz CT molecular complexity index is 678. The van der Waals surface area contributed by atoms with E-state index in [1.165, 1.54) is 0 Å². The van der Waals surface area contributed by atoms with Crippen molar-refractivity contribution >= 4 is 61.6 Å². The standard InChI is InChI=1S/2C16H30O5.Ca.H2O/c2*1-15(2,13(17)18)9-5-7-11-21-12-8-6-10-16(3,4)14(19)20;;/h2*5-12H2,1-4H3,(H,17,18)(H,19,20);;1H2/q;;+2;/p-2. The molecule has 0 aliphatic heterocycles. The van der Waals surface area contributed by atoms with Crippen LogP contribution in [-0.2, 0) is 28.7 Å². The molecular formula is C32H60CaO11. The first-order chi connectivity index (χ1) is 19.2. The Morgan fingerprint density at radius 2 is 0.682 bits per heavy atom. The van der Waals surface area contributed by atoms with Crippen molar-refractivity contribution < 1.29 is 54.6 Å². The van der Waals surface area contributed by atoms with Gasteiger partial charge in [-0.05, 0) is 79.1 Å². The van der Waals surface area contributed by atoms with E-state index in [1.807, 2.05) is 0 Å². The molecule has 0 fully saturated rings. The molecule has 0 rings (SSSR count). The molecule has 4 N–H and O–H groups in total. The van der Waals surface area contributed by atoms with Crippen LogP contribution in [0.2, 0.25) is 0 Å². The molecule has 0 aromatic heterocycles. The van der Waals surface area contributed by atoms with Crippen LogP contribution in [-0.4, -0.2) is 104 Å². The van der Waals surface area contributed by atoms with Gasteiger partial charge >= 0.3 is 49.7 Å². The molecule has 11 nitrogen and oxygen atoms in total. The average molecular weight is 661 g/mol. The molecule has 0 saturated carbocycles. The largest absolute Gasteiger partial charge is 2.00 e. The summed E-state index contributed by atoms with van der Waals surface area (Å²) >= 11 is 0. The normalized spacial score (nSPS) is 11.8. The predicted octanol–water partition coefficient (Wildman–Crippen LogP) is 3.26. The van der Waals surface area contributed by atoms with Crippen molar-refractivity contribution in [3.05, 3.63) is 0 Å². The van der Waals surface area contributed by atoms with Gasteiger partial charge in [0.2, 0.25) is 0 Å². The summed E-state index contributed by atoms with van der Waals surface area (Å²) in [4.78, 5) is 43.4. The Kier molecular flexibility index (Phi) is 28.5. The number of carboxylic acid groups (broad SMARTS) is 4. The zero-order valence-corrected chi connectivity index (χ0v) is 30.9. The van der Waals surface area contributed by atoms with Gasteiger partial charge in [0.1, 0.15) is 0 Å². The van der Waals surface area contributed by atoms with Gasteiger partial charge in [-0.3, -0.25) is 9.59 Å². The van der Waals surface area contributed by atoms with Crippen molar-refractivity contribution in [3.63, 3.8) is 0 Å². The molecule has 0 heterocycles. The Hall–Kier alpha value is -0.980. The van der Waals surface area contributed by atoms with Gasteiger partial charge in [-0.25, -0.2) is 0 Å². The fraction of sp³-hybridized carbons (Fsp3) is 0.875. The summed E-state index contributed by atoms with van der Waals surface area (Å²) < 4.78 is 10.9. The molecule has 12 heteroatoms. The average Bonchev–Trinajstić information content (AvgIpc) is 2.86. The first-order valence-corrected chi connectivity index (χ1v) is 15.2. The predicted molar refractivity (Wildman–Crippen MR) is 167 cm³/mol. The van der Waals surface area contributed by atoms with Crippen molar-refractivity contribution in [1.82, 2.24) is 0 Å². The minimum Gasteiger partial charge on any atom is -0.550 e. The molecular weight excluding hydrogens is 600 g/mol. The van der Waals surface area contributed by atoms with Crippen molar-refractivity contribution in [1.29, 1.82) is 0 Å². The molecule has 0 amide bonds. The van der Waals surface area contributed by atoms with Crippen molar-refractivity contribution in [2.45, 2.75) is 132 Å². The Balaban J connectivity index is -0.000000348. The fourth-order valence-electron chi connectivity index (χ4n) is 3.71. The molecule has 0 atom stereocenters. The summed E-state index contributed by atoms with van der Waals surface area (Å²) in [5, 5.41) is 39.5. The van der Waals surface area contributed by atoms with Crippen LogP contribution in [0.25, 0.3) is 0 Å². The number of unbranched alkanes of at least 4 members (excludes halogenated alkanes) is 4. The van der Waals surface area contributed by atoms with Crippen LogP contribution in [0, 0.1) is 21.7 Å². The summed E-state index contributed by atoms with van der Waals surface area (Å²) in [5.41, 5.74) is -2.89. The van der Waals surface area contributed by atoms with Gasteiger partial charge in [-0.2, -0.15) is 0 Å². The monoisotopic (exact) mass is 660 g/mol. The van der Waals surface area contributed by atoms with Crippen LogP contribution >= 0.6 is 0 Å².